The number of hydrogen-bond donors (Lipinski definition) is 1. The molecule has 1 amide bonds. The lowest BCUT2D eigenvalue weighted by molar-refractivity contribution is -0.137. The third kappa shape index (κ3) is 5.49. The number of methoxy groups -OCH3 is 1. The van der Waals surface area contributed by atoms with Gasteiger partial charge in [-0.15, -0.1) is 0 Å². The average molecular weight is 576 g/mol. The van der Waals surface area contributed by atoms with E-state index >= 15 is 0 Å². The topological polar surface area (TPSA) is 92.7 Å². The van der Waals surface area contributed by atoms with Crippen LogP contribution in [0.3, 0.4) is 0 Å². The minimum Gasteiger partial charge on any atom is -0.494 e. The Labute approximate surface area is 240 Å². The number of aliphatic imine (C=N–C) groups is 1. The van der Waals surface area contributed by atoms with Gasteiger partial charge in [0.25, 0.3) is 11.8 Å². The van der Waals surface area contributed by atoms with Crippen LogP contribution in [0.1, 0.15) is 42.6 Å². The van der Waals surface area contributed by atoms with Crippen LogP contribution in [-0.2, 0) is 9.53 Å². The van der Waals surface area contributed by atoms with E-state index in [1.807, 2.05) is 31.2 Å². The summed E-state index contributed by atoms with van der Waals surface area (Å²) in [5.41, 5.74) is 3.68. The van der Waals surface area contributed by atoms with Crippen molar-refractivity contribution in [2.45, 2.75) is 44.1 Å². The van der Waals surface area contributed by atoms with Crippen LogP contribution in [0.2, 0.25) is 0 Å². The van der Waals surface area contributed by atoms with E-state index in [-0.39, 0.29) is 35.1 Å². The number of nitrogens with zero attached hydrogens (tertiary/aromatic N) is 4. The zero-order valence-electron chi connectivity index (χ0n) is 22.5. The number of alkyl halides is 2. The Morgan fingerprint density at radius 2 is 2.02 bits per heavy atom. The second kappa shape index (κ2) is 10.4. The zero-order valence-corrected chi connectivity index (χ0v) is 23.4. The summed E-state index contributed by atoms with van der Waals surface area (Å²) in [6.45, 7) is 2.85. The molecule has 2 aliphatic carbocycles. The number of hydrogen-bond acceptors (Lipinski definition) is 7. The lowest BCUT2D eigenvalue weighted by Crippen LogP contribution is -2.49. The average Bonchev–Trinajstić information content (AvgIpc) is 3.72. The number of morpholine rings is 1. The Kier molecular flexibility index (Phi) is 6.91. The number of halogens is 2. The maximum absolute atomic E-state index is 13.2. The molecular formula is C30H27F2N5O3S. The monoisotopic (exact) mass is 575 g/mol. The number of H-pyrrole nitrogens is 1. The summed E-state index contributed by atoms with van der Waals surface area (Å²) in [6.07, 6.45) is 5.85. The van der Waals surface area contributed by atoms with Crippen LogP contribution in [0.5, 0.6) is 5.75 Å². The predicted molar refractivity (Wildman–Crippen MR) is 152 cm³/mol. The molecule has 210 valence electrons. The molecule has 0 radical (unpaired) electrons. The number of aromatic nitrogens is 3. The van der Waals surface area contributed by atoms with Crippen molar-refractivity contribution < 1.29 is 23.0 Å². The lowest BCUT2D eigenvalue weighted by atomic mass is 9.82. The van der Waals surface area contributed by atoms with Crippen LogP contribution >= 0.6 is 12.2 Å². The summed E-state index contributed by atoms with van der Waals surface area (Å²) in [4.78, 5) is 31.2. The molecule has 2 saturated carbocycles. The van der Waals surface area contributed by atoms with Gasteiger partial charge in [0.1, 0.15) is 21.7 Å². The summed E-state index contributed by atoms with van der Waals surface area (Å²) >= 11 is 5.44. The lowest BCUT2D eigenvalue weighted by Gasteiger charge is -2.33. The highest BCUT2D eigenvalue weighted by Crippen LogP contribution is 2.45. The molecular weight excluding hydrogens is 548 g/mol. The molecule has 1 saturated heterocycles. The Morgan fingerprint density at radius 1 is 1.22 bits per heavy atom. The van der Waals surface area contributed by atoms with E-state index < -0.39 is 11.5 Å². The molecule has 1 spiro atoms. The molecule has 3 fully saturated rings. The number of benzene rings is 1. The first kappa shape index (κ1) is 27.2. The van der Waals surface area contributed by atoms with Gasteiger partial charge < -0.3 is 19.4 Å². The molecule has 11 heteroatoms. The fourth-order valence-corrected chi connectivity index (χ4v) is 5.28. The predicted octanol–water partition coefficient (Wildman–Crippen LogP) is 5.56. The number of anilines is 1. The van der Waals surface area contributed by atoms with Gasteiger partial charge in [0, 0.05) is 54.0 Å². The van der Waals surface area contributed by atoms with Crippen LogP contribution in [-0.4, -0.2) is 58.9 Å². The Bertz CT molecular complexity index is 1680. The minimum atomic E-state index is -2.61. The number of ether oxygens (including phenoxy) is 2. The summed E-state index contributed by atoms with van der Waals surface area (Å²) in [5, 5.41) is 0. The molecule has 8 nitrogen and oxygen atoms in total. The fourth-order valence-electron chi connectivity index (χ4n) is 5.06. The van der Waals surface area contributed by atoms with E-state index in [2.05, 4.69) is 31.8 Å². The highest BCUT2D eigenvalue weighted by Gasteiger charge is 2.55. The first-order chi connectivity index (χ1) is 19.7. The quantitative estimate of drug-likeness (QED) is 0.243. The zero-order chi connectivity index (χ0) is 28.8. The van der Waals surface area contributed by atoms with Gasteiger partial charge >= 0.3 is 0 Å². The molecule has 3 heterocycles. The van der Waals surface area contributed by atoms with Crippen molar-refractivity contribution in [2.75, 3.05) is 25.2 Å². The van der Waals surface area contributed by atoms with Crippen molar-refractivity contribution in [1.82, 2.24) is 15.0 Å². The summed E-state index contributed by atoms with van der Waals surface area (Å²) in [5.74, 6) is 3.59. The highest BCUT2D eigenvalue weighted by atomic mass is 32.1. The smallest absolute Gasteiger partial charge is 0.259 e. The minimum absolute atomic E-state index is 0.0151. The van der Waals surface area contributed by atoms with Gasteiger partial charge in [-0.3, -0.25) is 9.78 Å². The van der Waals surface area contributed by atoms with Gasteiger partial charge in [0.15, 0.2) is 5.82 Å². The number of amides is 1. The first-order valence-electron chi connectivity index (χ1n) is 13.3. The molecule has 0 bridgehead atoms. The number of nitrogens with one attached hydrogen (secondary N) is 1. The standard InChI is InChI=1S/C30H27F2N5O3S/c1-18-11-24(25(39-2)17-33-18)23-12-22(37-9-10-40-29(7-8-29)28(37)38)6-4-20(23)15-34-26-27(41)36-21(16-35-26)5-3-19-13-30(31,32)14-19/h4,6,11-12,15-17,19H,7-10,13-14H2,1-2H3,(H,36,41). The van der Waals surface area contributed by atoms with E-state index in [4.69, 9.17) is 21.7 Å². The Hall–Kier alpha value is -4.01. The van der Waals surface area contributed by atoms with Crippen LogP contribution in [0, 0.1) is 29.3 Å². The molecule has 3 aromatic rings. The summed E-state index contributed by atoms with van der Waals surface area (Å²) in [6, 6.07) is 7.66. The van der Waals surface area contributed by atoms with Crippen LogP contribution in [0.15, 0.2) is 41.7 Å². The summed E-state index contributed by atoms with van der Waals surface area (Å²) < 4.78 is 37.8. The molecule has 41 heavy (non-hydrogen) atoms. The summed E-state index contributed by atoms with van der Waals surface area (Å²) in [7, 11) is 1.58. The van der Waals surface area contributed by atoms with Gasteiger partial charge in [0.2, 0.25) is 0 Å². The van der Waals surface area contributed by atoms with Crippen LogP contribution in [0.4, 0.5) is 20.3 Å². The molecule has 0 unspecified atom stereocenters. The first-order valence-corrected chi connectivity index (χ1v) is 13.7. The number of aromatic amines is 1. The van der Waals surface area contributed by atoms with E-state index in [0.717, 1.165) is 40.9 Å². The molecule has 6 rings (SSSR count). The van der Waals surface area contributed by atoms with Gasteiger partial charge in [-0.1, -0.05) is 24.2 Å². The van der Waals surface area contributed by atoms with Crippen molar-refractivity contribution >= 4 is 35.8 Å². The van der Waals surface area contributed by atoms with E-state index in [9.17, 15) is 13.6 Å². The van der Waals surface area contributed by atoms with E-state index in [1.54, 1.807) is 24.4 Å². The van der Waals surface area contributed by atoms with Crippen LogP contribution < -0.4 is 9.64 Å². The van der Waals surface area contributed by atoms with Crippen molar-refractivity contribution in [3.05, 3.63) is 58.3 Å². The highest BCUT2D eigenvalue weighted by molar-refractivity contribution is 7.71. The van der Waals surface area contributed by atoms with E-state index in [0.29, 0.717) is 24.6 Å². The van der Waals surface area contributed by atoms with Crippen molar-refractivity contribution in [1.29, 1.82) is 0 Å². The normalized spacial score (nSPS) is 19.1. The number of pyridine rings is 1. The SMILES string of the molecule is COc1cnc(C)cc1-c1cc(N2CCOC3(CC3)C2=O)ccc1C=Nc1ncc(C#CC2CC(F)(F)C2)[nH]c1=S. The van der Waals surface area contributed by atoms with Gasteiger partial charge in [-0.2, -0.15) is 0 Å². The number of rotatable bonds is 5. The van der Waals surface area contributed by atoms with Crippen molar-refractivity contribution in [3.8, 4) is 28.7 Å². The number of carbonyl (C=O) groups excluding carboxylic acids is 1. The maximum atomic E-state index is 13.2. The largest absolute Gasteiger partial charge is 0.494 e. The molecule has 2 aromatic heterocycles. The van der Waals surface area contributed by atoms with Gasteiger partial charge in [-0.25, -0.2) is 18.8 Å². The molecule has 1 N–H and O–H groups in total. The van der Waals surface area contributed by atoms with Crippen molar-refractivity contribution in [3.63, 3.8) is 0 Å². The molecule has 0 atom stereocenters. The molecule has 1 aromatic carbocycles. The fraction of sp³-hybridized carbons (Fsp3) is 0.367. The van der Waals surface area contributed by atoms with Gasteiger partial charge in [0.05, 0.1) is 26.1 Å². The Balaban J connectivity index is 1.33. The van der Waals surface area contributed by atoms with E-state index in [1.165, 1.54) is 6.20 Å². The van der Waals surface area contributed by atoms with Crippen molar-refractivity contribution in [2.24, 2.45) is 10.9 Å². The maximum Gasteiger partial charge on any atom is 0.259 e. The van der Waals surface area contributed by atoms with Crippen LogP contribution in [0.25, 0.3) is 11.1 Å². The Morgan fingerprint density at radius 3 is 2.73 bits per heavy atom. The molecule has 3 aliphatic rings. The number of aryl methyl sites for hydroxylation is 1. The second-order valence-electron chi connectivity index (χ2n) is 10.5. The molecule has 1 aliphatic heterocycles. The van der Waals surface area contributed by atoms with Gasteiger partial charge in [-0.05, 0) is 49.4 Å². The third-order valence-electron chi connectivity index (χ3n) is 7.49. The third-order valence-corrected chi connectivity index (χ3v) is 7.77. The number of carbonyl (C=O) groups is 1. The second-order valence-corrected chi connectivity index (χ2v) is 10.9.